The van der Waals surface area contributed by atoms with Crippen molar-refractivity contribution in [3.63, 3.8) is 0 Å². The van der Waals surface area contributed by atoms with E-state index >= 15 is 0 Å². The van der Waals surface area contributed by atoms with E-state index in [1.165, 1.54) is 44.5 Å². The zero-order valence-corrected chi connectivity index (χ0v) is 18.5. The topological polar surface area (TPSA) is 93.5 Å². The highest BCUT2D eigenvalue weighted by Gasteiger charge is 2.27. The molecule has 1 unspecified atom stereocenters. The molecular formula is C20H20ClFN4O4S. The van der Waals surface area contributed by atoms with Crippen LogP contribution in [0.5, 0.6) is 0 Å². The lowest BCUT2D eigenvalue weighted by molar-refractivity contribution is -0.0258. The van der Waals surface area contributed by atoms with Gasteiger partial charge in [0.15, 0.2) is 0 Å². The van der Waals surface area contributed by atoms with Gasteiger partial charge in [0.1, 0.15) is 22.6 Å². The minimum atomic E-state index is -4.08. The molecule has 0 spiro atoms. The second-order valence-corrected chi connectivity index (χ2v) is 8.91. The largest absolute Gasteiger partial charge is 0.338 e. The first-order chi connectivity index (χ1) is 14.6. The smallest absolute Gasteiger partial charge is 0.266 e. The first-order valence-corrected chi connectivity index (χ1v) is 10.8. The predicted molar refractivity (Wildman–Crippen MR) is 112 cm³/mol. The minimum Gasteiger partial charge on any atom is -0.338 e. The van der Waals surface area contributed by atoms with Crippen LogP contribution in [0.4, 0.5) is 4.39 Å². The van der Waals surface area contributed by atoms with Crippen LogP contribution in [0, 0.1) is 5.82 Å². The molecule has 3 rings (SSSR count). The Labute approximate surface area is 184 Å². The Balaban J connectivity index is 2.00. The van der Waals surface area contributed by atoms with Crippen LogP contribution < -0.4 is 5.32 Å². The van der Waals surface area contributed by atoms with Crippen LogP contribution in [0.3, 0.4) is 0 Å². The number of nitrogens with one attached hydrogen (secondary N) is 1. The number of amides is 1. The number of sulfonamides is 1. The maximum absolute atomic E-state index is 13.8. The number of carbonyl (C=O) groups is 1. The molecule has 8 nitrogen and oxygen atoms in total. The van der Waals surface area contributed by atoms with Crippen molar-refractivity contribution in [3.8, 4) is 0 Å². The summed E-state index contributed by atoms with van der Waals surface area (Å²) in [5.41, 5.74) is 0.520. The Hall–Kier alpha value is -2.79. The molecule has 1 atom stereocenters. The quantitative estimate of drug-likeness (QED) is 0.540. The molecule has 11 heteroatoms. The van der Waals surface area contributed by atoms with E-state index in [2.05, 4.69) is 10.3 Å². The Morgan fingerprint density at radius 1 is 1.29 bits per heavy atom. The van der Waals surface area contributed by atoms with Gasteiger partial charge >= 0.3 is 0 Å². The fraction of sp³-hybridized carbons (Fsp3) is 0.200. The highest BCUT2D eigenvalue weighted by molar-refractivity contribution is 7.89. The van der Waals surface area contributed by atoms with Crippen LogP contribution >= 0.6 is 11.6 Å². The first kappa shape index (κ1) is 22.9. The lowest BCUT2D eigenvalue weighted by atomic mass is 10.0. The van der Waals surface area contributed by atoms with E-state index in [1.807, 2.05) is 0 Å². The standard InChI is InChI=1S/C20H20ClFN4O4S/c1-25-10-9-23-19(25)18(13-5-4-6-15(22)11-13)24-20(27)14-7-8-16(21)17(12-14)31(28,29)26(2)30-3/h4-12,18H,1-3H3,(H,24,27). The summed E-state index contributed by atoms with van der Waals surface area (Å²) in [6.07, 6.45) is 3.25. The molecular weight excluding hydrogens is 447 g/mol. The molecule has 31 heavy (non-hydrogen) atoms. The monoisotopic (exact) mass is 466 g/mol. The average Bonchev–Trinajstić information content (AvgIpc) is 3.16. The Kier molecular flexibility index (Phi) is 6.75. The average molecular weight is 467 g/mol. The number of imidazole rings is 1. The number of aromatic nitrogens is 2. The molecule has 0 saturated carbocycles. The number of hydroxylamine groups is 1. The van der Waals surface area contributed by atoms with E-state index < -0.39 is 27.8 Å². The second-order valence-electron chi connectivity index (χ2n) is 6.60. The van der Waals surface area contributed by atoms with Gasteiger partial charge in [-0.3, -0.25) is 9.63 Å². The van der Waals surface area contributed by atoms with Gasteiger partial charge in [0.25, 0.3) is 15.9 Å². The summed E-state index contributed by atoms with van der Waals surface area (Å²) < 4.78 is 41.4. The Morgan fingerprint density at radius 2 is 2.03 bits per heavy atom. The van der Waals surface area contributed by atoms with Crippen molar-refractivity contribution in [3.05, 3.63) is 82.6 Å². The maximum Gasteiger partial charge on any atom is 0.266 e. The van der Waals surface area contributed by atoms with Gasteiger partial charge < -0.3 is 9.88 Å². The summed E-state index contributed by atoms with van der Waals surface area (Å²) in [7, 11) is 0.0663. The van der Waals surface area contributed by atoms with Crippen LogP contribution in [-0.2, 0) is 21.9 Å². The van der Waals surface area contributed by atoms with E-state index in [4.69, 9.17) is 16.4 Å². The molecule has 164 valence electrons. The molecule has 0 bridgehead atoms. The van der Waals surface area contributed by atoms with Gasteiger partial charge in [0, 0.05) is 32.1 Å². The highest BCUT2D eigenvalue weighted by Crippen LogP contribution is 2.27. The molecule has 1 amide bonds. The number of halogens is 2. The summed E-state index contributed by atoms with van der Waals surface area (Å²) in [5.74, 6) is -0.584. The summed E-state index contributed by atoms with van der Waals surface area (Å²) in [5, 5.41) is 2.73. The fourth-order valence-electron chi connectivity index (χ4n) is 2.93. The molecule has 0 aliphatic heterocycles. The second kappa shape index (κ2) is 9.15. The number of rotatable bonds is 7. The van der Waals surface area contributed by atoms with Crippen molar-refractivity contribution in [2.24, 2.45) is 7.05 Å². The molecule has 1 N–H and O–H groups in total. The summed E-state index contributed by atoms with van der Waals surface area (Å²) in [6.45, 7) is 0. The van der Waals surface area contributed by atoms with Crippen molar-refractivity contribution >= 4 is 27.5 Å². The number of hydrogen-bond donors (Lipinski definition) is 1. The van der Waals surface area contributed by atoms with Crippen molar-refractivity contribution < 1.29 is 22.4 Å². The van der Waals surface area contributed by atoms with Crippen LogP contribution in [0.25, 0.3) is 0 Å². The van der Waals surface area contributed by atoms with Crippen molar-refractivity contribution in [2.75, 3.05) is 14.2 Å². The molecule has 0 saturated heterocycles. The first-order valence-electron chi connectivity index (χ1n) is 9.01. The third kappa shape index (κ3) is 4.77. The number of nitrogens with zero attached hydrogens (tertiary/aromatic N) is 3. The lowest BCUT2D eigenvalue weighted by Gasteiger charge is -2.20. The van der Waals surface area contributed by atoms with Gasteiger partial charge in [-0.05, 0) is 35.9 Å². The lowest BCUT2D eigenvalue weighted by Crippen LogP contribution is -2.31. The molecule has 1 heterocycles. The third-order valence-electron chi connectivity index (χ3n) is 4.64. The molecule has 0 fully saturated rings. The predicted octanol–water partition coefficient (Wildman–Crippen LogP) is 2.91. The van der Waals surface area contributed by atoms with Crippen LogP contribution in [-0.4, -0.2) is 42.5 Å². The van der Waals surface area contributed by atoms with E-state index in [0.717, 1.165) is 6.07 Å². The van der Waals surface area contributed by atoms with Gasteiger partial charge in [-0.1, -0.05) is 28.2 Å². The van der Waals surface area contributed by atoms with Gasteiger partial charge in [-0.15, -0.1) is 0 Å². The van der Waals surface area contributed by atoms with Crippen molar-refractivity contribution in [1.82, 2.24) is 19.3 Å². The fourth-order valence-corrected chi connectivity index (χ4v) is 4.41. The molecule has 3 aromatic rings. The zero-order chi connectivity index (χ0) is 22.8. The van der Waals surface area contributed by atoms with E-state index in [-0.39, 0.29) is 15.5 Å². The maximum atomic E-state index is 13.8. The molecule has 0 aliphatic rings. The van der Waals surface area contributed by atoms with Gasteiger partial charge in [0.2, 0.25) is 0 Å². The number of carbonyl (C=O) groups excluding carboxylic acids is 1. The number of benzene rings is 2. The van der Waals surface area contributed by atoms with Gasteiger partial charge in [-0.25, -0.2) is 17.8 Å². The van der Waals surface area contributed by atoms with Crippen LogP contribution in [0.2, 0.25) is 5.02 Å². The SMILES string of the molecule is CON(C)S(=O)(=O)c1cc(C(=O)NC(c2cccc(F)c2)c2nccn2C)ccc1Cl. The zero-order valence-electron chi connectivity index (χ0n) is 16.9. The van der Waals surface area contributed by atoms with Crippen LogP contribution in [0.1, 0.15) is 27.8 Å². The number of hydrogen-bond acceptors (Lipinski definition) is 5. The van der Waals surface area contributed by atoms with Gasteiger partial charge in [0.05, 0.1) is 12.1 Å². The summed E-state index contributed by atoms with van der Waals surface area (Å²) in [6, 6.07) is 8.86. The summed E-state index contributed by atoms with van der Waals surface area (Å²) >= 11 is 6.06. The Bertz CT molecular complexity index is 1220. The molecule has 1 aromatic heterocycles. The van der Waals surface area contributed by atoms with E-state index in [0.29, 0.717) is 15.9 Å². The normalized spacial score (nSPS) is 12.7. The molecule has 0 aliphatic carbocycles. The number of aryl methyl sites for hydroxylation is 1. The van der Waals surface area contributed by atoms with Crippen molar-refractivity contribution in [1.29, 1.82) is 0 Å². The van der Waals surface area contributed by atoms with Crippen molar-refractivity contribution in [2.45, 2.75) is 10.9 Å². The summed E-state index contributed by atoms with van der Waals surface area (Å²) in [4.78, 5) is 21.8. The molecule has 2 aromatic carbocycles. The highest BCUT2D eigenvalue weighted by atomic mass is 35.5. The van der Waals surface area contributed by atoms with E-state index in [1.54, 1.807) is 30.1 Å². The minimum absolute atomic E-state index is 0.0445. The van der Waals surface area contributed by atoms with Crippen LogP contribution in [0.15, 0.2) is 59.8 Å². The third-order valence-corrected chi connectivity index (χ3v) is 6.80. The van der Waals surface area contributed by atoms with Gasteiger partial charge in [-0.2, -0.15) is 0 Å². The molecule has 0 radical (unpaired) electrons. The Morgan fingerprint density at radius 3 is 2.65 bits per heavy atom. The van der Waals surface area contributed by atoms with E-state index in [9.17, 15) is 17.6 Å².